The minimum absolute atomic E-state index is 0.0879. The van der Waals surface area contributed by atoms with E-state index in [4.69, 9.17) is 9.47 Å². The summed E-state index contributed by atoms with van der Waals surface area (Å²) in [5.74, 6) is 0.0406. The Morgan fingerprint density at radius 2 is 1.56 bits per heavy atom. The van der Waals surface area contributed by atoms with Gasteiger partial charge in [-0.1, -0.05) is 30.3 Å². The Balaban J connectivity index is 1.45. The Kier molecular flexibility index (Phi) is 7.05. The summed E-state index contributed by atoms with van der Waals surface area (Å²) in [7, 11) is 0. The molecular formula is C25H29FN2O4. The van der Waals surface area contributed by atoms with Gasteiger partial charge in [0, 0.05) is 38.0 Å². The van der Waals surface area contributed by atoms with Crippen LogP contribution in [-0.4, -0.2) is 67.6 Å². The molecule has 0 atom stereocenters. The van der Waals surface area contributed by atoms with Gasteiger partial charge in [-0.25, -0.2) is 4.39 Å². The van der Waals surface area contributed by atoms with Crippen molar-refractivity contribution in [2.24, 2.45) is 5.41 Å². The predicted molar refractivity (Wildman–Crippen MR) is 118 cm³/mol. The molecule has 2 saturated heterocycles. The van der Waals surface area contributed by atoms with Gasteiger partial charge in [-0.15, -0.1) is 0 Å². The van der Waals surface area contributed by atoms with Crippen molar-refractivity contribution >= 4 is 11.8 Å². The monoisotopic (exact) mass is 440 g/mol. The van der Waals surface area contributed by atoms with Gasteiger partial charge in [-0.05, 0) is 37.1 Å². The first kappa shape index (κ1) is 22.3. The molecule has 0 bridgehead atoms. The van der Waals surface area contributed by atoms with E-state index in [2.05, 4.69) is 0 Å². The van der Waals surface area contributed by atoms with E-state index in [0.29, 0.717) is 65.3 Å². The summed E-state index contributed by atoms with van der Waals surface area (Å²) in [5.41, 5.74) is -0.290. The third-order valence-corrected chi connectivity index (χ3v) is 6.39. The third kappa shape index (κ3) is 5.27. The number of carbonyl (C=O) groups excluding carboxylic acids is 2. The van der Waals surface area contributed by atoms with Crippen LogP contribution in [0.5, 0.6) is 5.75 Å². The second kappa shape index (κ2) is 10.1. The van der Waals surface area contributed by atoms with Crippen molar-refractivity contribution in [3.63, 3.8) is 0 Å². The van der Waals surface area contributed by atoms with Crippen molar-refractivity contribution in [1.82, 2.24) is 9.80 Å². The normalized spacial score (nSPS) is 18.3. The molecule has 0 radical (unpaired) electrons. The lowest BCUT2D eigenvalue weighted by atomic mass is 9.75. The van der Waals surface area contributed by atoms with E-state index in [1.807, 2.05) is 35.2 Å². The summed E-state index contributed by atoms with van der Waals surface area (Å²) in [5, 5.41) is 0. The van der Waals surface area contributed by atoms with Crippen molar-refractivity contribution in [3.05, 3.63) is 66.0 Å². The number of benzene rings is 2. The number of carbonyl (C=O) groups is 2. The van der Waals surface area contributed by atoms with Crippen molar-refractivity contribution in [2.75, 3.05) is 46.0 Å². The molecule has 0 aromatic heterocycles. The Morgan fingerprint density at radius 1 is 0.906 bits per heavy atom. The maximum atomic E-state index is 14.1. The lowest BCUT2D eigenvalue weighted by Crippen LogP contribution is -2.49. The van der Waals surface area contributed by atoms with E-state index in [9.17, 15) is 14.0 Å². The fourth-order valence-corrected chi connectivity index (χ4v) is 4.36. The van der Waals surface area contributed by atoms with Gasteiger partial charge in [-0.2, -0.15) is 0 Å². The molecule has 7 heteroatoms. The number of hydrogen-bond donors (Lipinski definition) is 0. The first-order chi connectivity index (χ1) is 15.6. The Hall–Kier alpha value is -2.93. The largest absolute Gasteiger partial charge is 0.493 e. The first-order valence-electron chi connectivity index (χ1n) is 11.1. The molecule has 0 spiro atoms. The molecule has 0 aliphatic carbocycles. The van der Waals surface area contributed by atoms with E-state index in [-0.39, 0.29) is 22.8 Å². The standard InChI is InChI=1S/C25H29FN2O4/c26-22-9-5-4-8-21(22)24(30)28-12-10-25(11-13-28,19-32-20-6-2-1-3-7-20)18-23(29)27-14-16-31-17-15-27/h1-9H,10-19H2. The average Bonchev–Trinajstić information content (AvgIpc) is 2.84. The number of rotatable bonds is 6. The number of halogens is 1. The highest BCUT2D eigenvalue weighted by Gasteiger charge is 2.40. The molecule has 2 aromatic rings. The van der Waals surface area contributed by atoms with Crippen LogP contribution in [0, 0.1) is 11.2 Å². The summed E-state index contributed by atoms with van der Waals surface area (Å²) >= 11 is 0. The molecule has 0 N–H and O–H groups in total. The number of nitrogens with zero attached hydrogens (tertiary/aromatic N) is 2. The van der Waals surface area contributed by atoms with Crippen molar-refractivity contribution in [3.8, 4) is 5.75 Å². The zero-order chi connectivity index (χ0) is 22.4. The molecule has 2 aliphatic rings. The molecule has 0 unspecified atom stereocenters. The SMILES string of the molecule is O=C(CC1(COc2ccccc2)CCN(C(=O)c2ccccc2F)CC1)N1CCOCC1. The van der Waals surface area contributed by atoms with Crippen LogP contribution in [0.4, 0.5) is 4.39 Å². The van der Waals surface area contributed by atoms with E-state index >= 15 is 0 Å². The molecule has 32 heavy (non-hydrogen) atoms. The Morgan fingerprint density at radius 3 is 2.25 bits per heavy atom. The van der Waals surface area contributed by atoms with Gasteiger partial charge < -0.3 is 19.3 Å². The maximum absolute atomic E-state index is 14.1. The zero-order valence-corrected chi connectivity index (χ0v) is 18.2. The van der Waals surface area contributed by atoms with Crippen LogP contribution in [-0.2, 0) is 9.53 Å². The van der Waals surface area contributed by atoms with Crippen LogP contribution >= 0.6 is 0 Å². The molecule has 2 fully saturated rings. The number of para-hydroxylation sites is 1. The number of ether oxygens (including phenoxy) is 2. The zero-order valence-electron chi connectivity index (χ0n) is 18.2. The Labute approximate surface area is 187 Å². The molecule has 2 aliphatic heterocycles. The van der Waals surface area contributed by atoms with Crippen LogP contribution in [0.1, 0.15) is 29.6 Å². The van der Waals surface area contributed by atoms with Crippen LogP contribution in [0.25, 0.3) is 0 Å². The molecule has 0 saturated carbocycles. The van der Waals surface area contributed by atoms with E-state index < -0.39 is 5.82 Å². The summed E-state index contributed by atoms with van der Waals surface area (Å²) in [6, 6.07) is 15.6. The molecule has 2 aromatic carbocycles. The first-order valence-corrected chi connectivity index (χ1v) is 11.1. The van der Waals surface area contributed by atoms with Crippen LogP contribution in [0.15, 0.2) is 54.6 Å². The third-order valence-electron chi connectivity index (χ3n) is 6.39. The summed E-state index contributed by atoms with van der Waals surface area (Å²) in [4.78, 5) is 29.4. The van der Waals surface area contributed by atoms with Crippen molar-refractivity contribution in [2.45, 2.75) is 19.3 Å². The van der Waals surface area contributed by atoms with Crippen LogP contribution in [0.3, 0.4) is 0 Å². The second-order valence-corrected chi connectivity index (χ2v) is 8.54. The van der Waals surface area contributed by atoms with Gasteiger partial charge in [0.1, 0.15) is 11.6 Å². The van der Waals surface area contributed by atoms with Gasteiger partial charge in [0.2, 0.25) is 5.91 Å². The minimum atomic E-state index is -0.510. The number of likely N-dealkylation sites (tertiary alicyclic amines) is 1. The van der Waals surface area contributed by atoms with E-state index in [1.54, 1.807) is 17.0 Å². The second-order valence-electron chi connectivity index (χ2n) is 8.54. The lowest BCUT2D eigenvalue weighted by Gasteiger charge is -2.42. The van der Waals surface area contributed by atoms with Gasteiger partial charge in [0.15, 0.2) is 0 Å². The Bertz CT molecular complexity index is 923. The lowest BCUT2D eigenvalue weighted by molar-refractivity contribution is -0.139. The predicted octanol–water partition coefficient (Wildman–Crippen LogP) is 3.38. The summed E-state index contributed by atoms with van der Waals surface area (Å²) in [6.45, 7) is 3.64. The number of hydrogen-bond acceptors (Lipinski definition) is 4. The van der Waals surface area contributed by atoms with Crippen LogP contribution < -0.4 is 4.74 Å². The van der Waals surface area contributed by atoms with Gasteiger partial charge in [0.05, 0.1) is 25.4 Å². The molecule has 6 nitrogen and oxygen atoms in total. The smallest absolute Gasteiger partial charge is 0.256 e. The quantitative estimate of drug-likeness (QED) is 0.691. The number of morpholine rings is 1. The minimum Gasteiger partial charge on any atom is -0.493 e. The van der Waals surface area contributed by atoms with Gasteiger partial charge in [-0.3, -0.25) is 9.59 Å². The fourth-order valence-electron chi connectivity index (χ4n) is 4.36. The highest BCUT2D eigenvalue weighted by molar-refractivity contribution is 5.94. The highest BCUT2D eigenvalue weighted by Crippen LogP contribution is 2.37. The summed E-state index contributed by atoms with van der Waals surface area (Å²) < 4.78 is 25.6. The molecular weight excluding hydrogens is 411 g/mol. The molecule has 4 rings (SSSR count). The maximum Gasteiger partial charge on any atom is 0.256 e. The van der Waals surface area contributed by atoms with Gasteiger partial charge >= 0.3 is 0 Å². The van der Waals surface area contributed by atoms with Crippen molar-refractivity contribution < 1.29 is 23.5 Å². The van der Waals surface area contributed by atoms with Crippen molar-refractivity contribution in [1.29, 1.82) is 0 Å². The molecule has 2 amide bonds. The molecule has 2 heterocycles. The number of amides is 2. The molecule has 170 valence electrons. The van der Waals surface area contributed by atoms with Gasteiger partial charge in [0.25, 0.3) is 5.91 Å². The van der Waals surface area contributed by atoms with E-state index in [1.165, 1.54) is 12.1 Å². The van der Waals surface area contributed by atoms with Crippen LogP contribution in [0.2, 0.25) is 0 Å². The highest BCUT2D eigenvalue weighted by atomic mass is 19.1. The fraction of sp³-hybridized carbons (Fsp3) is 0.440. The van der Waals surface area contributed by atoms with E-state index in [0.717, 1.165) is 5.75 Å². The topological polar surface area (TPSA) is 59.1 Å². The number of piperidine rings is 1. The summed E-state index contributed by atoms with van der Waals surface area (Å²) in [6.07, 6.45) is 1.60. The average molecular weight is 441 g/mol.